The average molecular weight is 268 g/mol. The fraction of sp³-hybridized carbons (Fsp3) is 0.571. The van der Waals surface area contributed by atoms with Crippen LogP contribution in [0.5, 0.6) is 5.75 Å². The second-order valence-electron chi connectivity index (χ2n) is 4.46. The molecule has 0 spiro atoms. The highest BCUT2D eigenvalue weighted by Gasteiger charge is 2.04. The SMILES string of the molecule is COC(CNc1cccc(OCCN(C)C)c1)OC. The van der Waals surface area contributed by atoms with E-state index < -0.39 is 0 Å². The molecule has 0 aliphatic carbocycles. The van der Waals surface area contributed by atoms with Gasteiger partial charge in [0.05, 0.1) is 6.54 Å². The average Bonchev–Trinajstić information content (AvgIpc) is 2.40. The standard InChI is InChI=1S/C14H24N2O3/c1-16(2)8-9-19-13-7-5-6-12(10-13)15-11-14(17-3)18-4/h5-7,10,14-15H,8-9,11H2,1-4H3. The van der Waals surface area contributed by atoms with Crippen LogP contribution in [0.25, 0.3) is 0 Å². The number of nitrogens with zero attached hydrogens (tertiary/aromatic N) is 1. The van der Waals surface area contributed by atoms with E-state index in [4.69, 9.17) is 14.2 Å². The number of hydrogen-bond acceptors (Lipinski definition) is 5. The minimum Gasteiger partial charge on any atom is -0.492 e. The number of nitrogens with one attached hydrogen (secondary N) is 1. The lowest BCUT2D eigenvalue weighted by molar-refractivity contribution is -0.0914. The molecule has 0 aromatic heterocycles. The summed E-state index contributed by atoms with van der Waals surface area (Å²) in [4.78, 5) is 2.09. The van der Waals surface area contributed by atoms with Gasteiger partial charge in [-0.1, -0.05) is 6.07 Å². The molecular weight excluding hydrogens is 244 g/mol. The molecule has 0 aliphatic rings. The van der Waals surface area contributed by atoms with Crippen molar-refractivity contribution in [2.75, 3.05) is 53.3 Å². The van der Waals surface area contributed by atoms with Gasteiger partial charge in [0.2, 0.25) is 0 Å². The summed E-state index contributed by atoms with van der Waals surface area (Å²) in [6.07, 6.45) is -0.252. The van der Waals surface area contributed by atoms with Gasteiger partial charge in [0.15, 0.2) is 6.29 Å². The molecule has 1 rings (SSSR count). The van der Waals surface area contributed by atoms with Crippen LogP contribution in [0.3, 0.4) is 0 Å². The first-order valence-corrected chi connectivity index (χ1v) is 6.32. The molecule has 5 heteroatoms. The first kappa shape index (κ1) is 15.8. The molecule has 1 aromatic carbocycles. The molecular formula is C14H24N2O3. The number of benzene rings is 1. The largest absolute Gasteiger partial charge is 0.492 e. The van der Waals surface area contributed by atoms with Crippen molar-refractivity contribution in [2.45, 2.75) is 6.29 Å². The molecule has 0 bridgehead atoms. The van der Waals surface area contributed by atoms with E-state index in [2.05, 4.69) is 10.2 Å². The number of likely N-dealkylation sites (N-methyl/N-ethyl adjacent to an activating group) is 1. The highest BCUT2D eigenvalue weighted by molar-refractivity contribution is 5.48. The lowest BCUT2D eigenvalue weighted by Crippen LogP contribution is -2.23. The number of anilines is 1. The van der Waals surface area contributed by atoms with Crippen LogP contribution >= 0.6 is 0 Å². The molecule has 0 unspecified atom stereocenters. The van der Waals surface area contributed by atoms with Crippen molar-refractivity contribution < 1.29 is 14.2 Å². The maximum atomic E-state index is 5.67. The van der Waals surface area contributed by atoms with Crippen LogP contribution in [0.1, 0.15) is 0 Å². The molecule has 19 heavy (non-hydrogen) atoms. The lowest BCUT2D eigenvalue weighted by Gasteiger charge is -2.16. The van der Waals surface area contributed by atoms with Gasteiger partial charge in [0.1, 0.15) is 12.4 Å². The summed E-state index contributed by atoms with van der Waals surface area (Å²) in [7, 11) is 7.29. The molecule has 0 radical (unpaired) electrons. The van der Waals surface area contributed by atoms with Crippen molar-refractivity contribution in [3.05, 3.63) is 24.3 Å². The van der Waals surface area contributed by atoms with Crippen LogP contribution < -0.4 is 10.1 Å². The van der Waals surface area contributed by atoms with Crippen molar-refractivity contribution in [3.8, 4) is 5.75 Å². The Morgan fingerprint density at radius 2 is 1.95 bits per heavy atom. The summed E-state index contributed by atoms with van der Waals surface area (Å²) >= 11 is 0. The Morgan fingerprint density at radius 1 is 1.21 bits per heavy atom. The summed E-state index contributed by atoms with van der Waals surface area (Å²) < 4.78 is 15.9. The van der Waals surface area contributed by atoms with Crippen LogP contribution in [-0.4, -0.2) is 59.2 Å². The third kappa shape index (κ3) is 6.42. The molecule has 0 atom stereocenters. The van der Waals surface area contributed by atoms with Crippen LogP contribution in [0.4, 0.5) is 5.69 Å². The number of hydrogen-bond donors (Lipinski definition) is 1. The van der Waals surface area contributed by atoms with E-state index in [1.807, 2.05) is 38.4 Å². The van der Waals surface area contributed by atoms with Gasteiger partial charge in [-0.25, -0.2) is 0 Å². The quantitative estimate of drug-likeness (QED) is 0.690. The van der Waals surface area contributed by atoms with Gasteiger partial charge in [-0.3, -0.25) is 0 Å². The Morgan fingerprint density at radius 3 is 2.58 bits per heavy atom. The van der Waals surface area contributed by atoms with Gasteiger partial charge in [0.25, 0.3) is 0 Å². The zero-order chi connectivity index (χ0) is 14.1. The Labute approximate surface area is 115 Å². The minimum absolute atomic E-state index is 0.252. The Bertz CT molecular complexity index is 354. The Balaban J connectivity index is 2.43. The molecule has 1 aromatic rings. The molecule has 0 amide bonds. The van der Waals surface area contributed by atoms with E-state index >= 15 is 0 Å². The van der Waals surface area contributed by atoms with Gasteiger partial charge in [0, 0.05) is 32.5 Å². The van der Waals surface area contributed by atoms with Crippen molar-refractivity contribution in [1.82, 2.24) is 4.90 Å². The summed E-state index contributed by atoms with van der Waals surface area (Å²) in [6, 6.07) is 7.87. The Hall–Kier alpha value is -1.30. The third-order valence-electron chi connectivity index (χ3n) is 2.64. The zero-order valence-corrected chi connectivity index (χ0v) is 12.2. The number of ether oxygens (including phenoxy) is 3. The smallest absolute Gasteiger partial charge is 0.173 e. The van der Waals surface area contributed by atoms with Crippen molar-refractivity contribution >= 4 is 5.69 Å². The van der Waals surface area contributed by atoms with Crippen molar-refractivity contribution in [3.63, 3.8) is 0 Å². The normalized spacial score (nSPS) is 11.1. The second kappa shape index (κ2) is 8.74. The molecule has 0 heterocycles. The van der Waals surface area contributed by atoms with E-state index in [0.717, 1.165) is 18.0 Å². The van der Waals surface area contributed by atoms with Crippen LogP contribution in [0.15, 0.2) is 24.3 Å². The maximum absolute atomic E-state index is 5.67. The number of methoxy groups -OCH3 is 2. The molecule has 0 aliphatic heterocycles. The summed E-state index contributed by atoms with van der Waals surface area (Å²) in [5.41, 5.74) is 0.987. The van der Waals surface area contributed by atoms with Crippen LogP contribution in [-0.2, 0) is 9.47 Å². The summed E-state index contributed by atoms with van der Waals surface area (Å²) in [5, 5.41) is 3.25. The fourth-order valence-corrected chi connectivity index (χ4v) is 1.51. The first-order valence-electron chi connectivity index (χ1n) is 6.32. The molecule has 0 saturated carbocycles. The predicted molar refractivity (Wildman–Crippen MR) is 76.8 cm³/mol. The summed E-state index contributed by atoms with van der Waals surface area (Å²) in [5.74, 6) is 0.859. The fourth-order valence-electron chi connectivity index (χ4n) is 1.51. The molecule has 5 nitrogen and oxygen atoms in total. The van der Waals surface area contributed by atoms with Gasteiger partial charge in [-0.15, -0.1) is 0 Å². The predicted octanol–water partition coefficient (Wildman–Crippen LogP) is 1.66. The van der Waals surface area contributed by atoms with Crippen LogP contribution in [0.2, 0.25) is 0 Å². The van der Waals surface area contributed by atoms with E-state index in [9.17, 15) is 0 Å². The van der Waals surface area contributed by atoms with Gasteiger partial charge in [-0.05, 0) is 26.2 Å². The molecule has 0 fully saturated rings. The molecule has 0 saturated heterocycles. The first-order chi connectivity index (χ1) is 9.15. The third-order valence-corrected chi connectivity index (χ3v) is 2.64. The zero-order valence-electron chi connectivity index (χ0n) is 12.2. The van der Waals surface area contributed by atoms with Gasteiger partial charge in [-0.2, -0.15) is 0 Å². The number of rotatable bonds is 9. The maximum Gasteiger partial charge on any atom is 0.173 e. The van der Waals surface area contributed by atoms with Crippen molar-refractivity contribution in [1.29, 1.82) is 0 Å². The lowest BCUT2D eigenvalue weighted by atomic mass is 10.3. The van der Waals surface area contributed by atoms with Gasteiger partial charge < -0.3 is 24.4 Å². The summed E-state index contributed by atoms with van der Waals surface area (Å²) in [6.45, 7) is 2.16. The van der Waals surface area contributed by atoms with E-state index in [1.54, 1.807) is 14.2 Å². The molecule has 1 N–H and O–H groups in total. The topological polar surface area (TPSA) is 43.0 Å². The monoisotopic (exact) mass is 268 g/mol. The highest BCUT2D eigenvalue weighted by atomic mass is 16.7. The Kier molecular flexibility index (Phi) is 7.25. The van der Waals surface area contributed by atoms with E-state index in [-0.39, 0.29) is 6.29 Å². The highest BCUT2D eigenvalue weighted by Crippen LogP contribution is 2.17. The van der Waals surface area contributed by atoms with Gasteiger partial charge >= 0.3 is 0 Å². The molecule has 108 valence electrons. The van der Waals surface area contributed by atoms with E-state index in [1.165, 1.54) is 0 Å². The van der Waals surface area contributed by atoms with Crippen molar-refractivity contribution in [2.24, 2.45) is 0 Å². The van der Waals surface area contributed by atoms with Crippen LogP contribution in [0, 0.1) is 0 Å². The minimum atomic E-state index is -0.252. The van der Waals surface area contributed by atoms with E-state index in [0.29, 0.717) is 13.2 Å². The second-order valence-corrected chi connectivity index (χ2v) is 4.46.